The lowest BCUT2D eigenvalue weighted by atomic mass is 9.85. The van der Waals surface area contributed by atoms with Gasteiger partial charge in [0.15, 0.2) is 0 Å². The molecular weight excluding hydrogens is 284 g/mol. The van der Waals surface area contributed by atoms with Crippen LogP contribution in [0, 0.1) is 5.92 Å². The SMILES string of the molecule is CCCC1NC(c2cccc(Cl)c2)N(CC2CCC2)C1=O. The molecule has 0 spiro atoms. The van der Waals surface area contributed by atoms with E-state index in [4.69, 9.17) is 11.6 Å². The number of nitrogens with zero attached hydrogens (tertiary/aromatic N) is 1. The first-order valence-corrected chi connectivity index (χ1v) is 8.39. The molecule has 2 aliphatic rings. The van der Waals surface area contributed by atoms with Crippen LogP contribution in [0.3, 0.4) is 0 Å². The van der Waals surface area contributed by atoms with Crippen LogP contribution in [0.25, 0.3) is 0 Å². The molecule has 1 saturated heterocycles. The molecule has 114 valence electrons. The van der Waals surface area contributed by atoms with Crippen LogP contribution in [0.15, 0.2) is 24.3 Å². The molecule has 1 aromatic carbocycles. The van der Waals surface area contributed by atoms with Crippen molar-refractivity contribution in [3.8, 4) is 0 Å². The zero-order valence-electron chi connectivity index (χ0n) is 12.5. The Morgan fingerprint density at radius 2 is 2.19 bits per heavy atom. The maximum atomic E-state index is 12.7. The van der Waals surface area contributed by atoms with Crippen LogP contribution in [0.4, 0.5) is 0 Å². The summed E-state index contributed by atoms with van der Waals surface area (Å²) in [5, 5.41) is 4.23. The molecule has 1 aliphatic carbocycles. The van der Waals surface area contributed by atoms with E-state index >= 15 is 0 Å². The van der Waals surface area contributed by atoms with E-state index in [-0.39, 0.29) is 18.1 Å². The van der Waals surface area contributed by atoms with Gasteiger partial charge in [-0.1, -0.05) is 43.5 Å². The molecule has 1 aliphatic heterocycles. The maximum absolute atomic E-state index is 12.7. The molecule has 1 N–H and O–H groups in total. The van der Waals surface area contributed by atoms with Gasteiger partial charge in [0.2, 0.25) is 5.91 Å². The third-order valence-electron chi connectivity index (χ3n) is 4.67. The van der Waals surface area contributed by atoms with Gasteiger partial charge in [-0.15, -0.1) is 0 Å². The monoisotopic (exact) mass is 306 g/mol. The van der Waals surface area contributed by atoms with Gasteiger partial charge >= 0.3 is 0 Å². The quantitative estimate of drug-likeness (QED) is 0.899. The number of carbonyl (C=O) groups excluding carboxylic acids is 1. The Labute approximate surface area is 131 Å². The van der Waals surface area contributed by atoms with Gasteiger partial charge in [-0.05, 0) is 42.9 Å². The van der Waals surface area contributed by atoms with Crippen molar-refractivity contribution in [2.45, 2.75) is 51.2 Å². The smallest absolute Gasteiger partial charge is 0.241 e. The molecule has 3 nitrogen and oxygen atoms in total. The van der Waals surface area contributed by atoms with E-state index in [1.165, 1.54) is 19.3 Å². The summed E-state index contributed by atoms with van der Waals surface area (Å²) >= 11 is 6.12. The summed E-state index contributed by atoms with van der Waals surface area (Å²) in [4.78, 5) is 14.7. The Balaban J connectivity index is 1.82. The van der Waals surface area contributed by atoms with Crippen LogP contribution in [0.1, 0.15) is 50.8 Å². The van der Waals surface area contributed by atoms with E-state index in [1.54, 1.807) is 0 Å². The molecule has 21 heavy (non-hydrogen) atoms. The van der Waals surface area contributed by atoms with Crippen molar-refractivity contribution in [2.24, 2.45) is 5.92 Å². The van der Waals surface area contributed by atoms with Gasteiger partial charge in [0.1, 0.15) is 6.17 Å². The van der Waals surface area contributed by atoms with Gasteiger partial charge in [0.25, 0.3) is 0 Å². The third kappa shape index (κ3) is 3.09. The number of amides is 1. The minimum atomic E-state index is -0.0425. The van der Waals surface area contributed by atoms with Crippen molar-refractivity contribution >= 4 is 17.5 Å². The Hall–Kier alpha value is -1.06. The van der Waals surface area contributed by atoms with E-state index < -0.39 is 0 Å². The molecule has 3 rings (SSSR count). The van der Waals surface area contributed by atoms with Crippen molar-refractivity contribution in [1.29, 1.82) is 0 Å². The number of halogens is 1. The second-order valence-corrected chi connectivity index (χ2v) is 6.69. The largest absolute Gasteiger partial charge is 0.321 e. The normalized spacial score (nSPS) is 26.2. The van der Waals surface area contributed by atoms with Gasteiger partial charge in [-0.2, -0.15) is 0 Å². The van der Waals surface area contributed by atoms with Crippen molar-refractivity contribution < 1.29 is 4.79 Å². The Morgan fingerprint density at radius 1 is 1.38 bits per heavy atom. The maximum Gasteiger partial charge on any atom is 0.241 e. The van der Waals surface area contributed by atoms with Crippen LogP contribution in [-0.2, 0) is 4.79 Å². The lowest BCUT2D eigenvalue weighted by Gasteiger charge is -2.33. The second kappa shape index (κ2) is 6.37. The molecule has 4 heteroatoms. The standard InChI is InChI=1S/C17H23ClN2O/c1-2-5-15-17(21)20(11-12-6-3-7-12)16(19-15)13-8-4-9-14(18)10-13/h4,8-10,12,15-16,19H,2-3,5-7,11H2,1H3. The van der Waals surface area contributed by atoms with E-state index in [2.05, 4.69) is 18.3 Å². The molecule has 1 heterocycles. The molecule has 1 amide bonds. The molecule has 2 unspecified atom stereocenters. The summed E-state index contributed by atoms with van der Waals surface area (Å²) in [5.74, 6) is 0.937. The van der Waals surface area contributed by atoms with Gasteiger partial charge < -0.3 is 4.90 Å². The van der Waals surface area contributed by atoms with Crippen LogP contribution in [-0.4, -0.2) is 23.4 Å². The summed E-state index contributed by atoms with van der Waals surface area (Å²) in [6.45, 7) is 3.00. The zero-order chi connectivity index (χ0) is 14.8. The first-order chi connectivity index (χ1) is 10.2. The van der Waals surface area contributed by atoms with Crippen molar-refractivity contribution in [1.82, 2.24) is 10.2 Å². The van der Waals surface area contributed by atoms with Gasteiger partial charge in [0, 0.05) is 11.6 Å². The molecule has 0 aromatic heterocycles. The fourth-order valence-corrected chi connectivity index (χ4v) is 3.48. The van der Waals surface area contributed by atoms with E-state index in [1.807, 2.05) is 23.1 Å². The van der Waals surface area contributed by atoms with Crippen LogP contribution in [0.2, 0.25) is 5.02 Å². The average Bonchev–Trinajstić information content (AvgIpc) is 2.72. The number of nitrogens with one attached hydrogen (secondary N) is 1. The lowest BCUT2D eigenvalue weighted by molar-refractivity contribution is -0.131. The van der Waals surface area contributed by atoms with Crippen molar-refractivity contribution in [2.75, 3.05) is 6.54 Å². The molecule has 2 atom stereocenters. The van der Waals surface area contributed by atoms with Gasteiger partial charge in [-0.25, -0.2) is 0 Å². The average molecular weight is 307 g/mol. The number of rotatable bonds is 5. The number of benzene rings is 1. The molecule has 1 saturated carbocycles. The molecule has 2 fully saturated rings. The van der Waals surface area contributed by atoms with Crippen LogP contribution < -0.4 is 5.32 Å². The number of carbonyl (C=O) groups is 1. The summed E-state index contributed by atoms with van der Waals surface area (Å²) in [6.07, 6.45) is 5.71. The number of hydrogen-bond acceptors (Lipinski definition) is 2. The Kier molecular flexibility index (Phi) is 4.51. The topological polar surface area (TPSA) is 32.3 Å². The second-order valence-electron chi connectivity index (χ2n) is 6.25. The minimum Gasteiger partial charge on any atom is -0.321 e. The van der Waals surface area contributed by atoms with Gasteiger partial charge in [-0.3, -0.25) is 10.1 Å². The lowest BCUT2D eigenvalue weighted by Crippen LogP contribution is -2.37. The molecule has 0 bridgehead atoms. The summed E-state index contributed by atoms with van der Waals surface area (Å²) in [7, 11) is 0. The van der Waals surface area contributed by atoms with Crippen LogP contribution in [0.5, 0.6) is 0 Å². The highest BCUT2D eigenvalue weighted by atomic mass is 35.5. The fraction of sp³-hybridized carbons (Fsp3) is 0.588. The van der Waals surface area contributed by atoms with Gasteiger partial charge in [0.05, 0.1) is 6.04 Å². The Morgan fingerprint density at radius 3 is 2.81 bits per heavy atom. The first kappa shape index (κ1) is 14.9. The van der Waals surface area contributed by atoms with Crippen molar-refractivity contribution in [3.05, 3.63) is 34.9 Å². The first-order valence-electron chi connectivity index (χ1n) is 8.01. The predicted octanol–water partition coefficient (Wildman–Crippen LogP) is 3.74. The molecule has 0 radical (unpaired) electrons. The fourth-order valence-electron chi connectivity index (χ4n) is 3.28. The summed E-state index contributed by atoms with van der Waals surface area (Å²) in [5.41, 5.74) is 1.09. The Bertz CT molecular complexity index is 515. The van der Waals surface area contributed by atoms with E-state index in [0.29, 0.717) is 5.92 Å². The summed E-state index contributed by atoms with van der Waals surface area (Å²) in [6, 6.07) is 7.81. The minimum absolute atomic E-state index is 0.0200. The van der Waals surface area contributed by atoms with Crippen LogP contribution >= 0.6 is 11.6 Å². The summed E-state index contributed by atoms with van der Waals surface area (Å²) < 4.78 is 0. The highest BCUT2D eigenvalue weighted by molar-refractivity contribution is 6.30. The highest BCUT2D eigenvalue weighted by Crippen LogP contribution is 2.34. The highest BCUT2D eigenvalue weighted by Gasteiger charge is 2.40. The zero-order valence-corrected chi connectivity index (χ0v) is 13.3. The van der Waals surface area contributed by atoms with Crippen molar-refractivity contribution in [3.63, 3.8) is 0 Å². The van der Waals surface area contributed by atoms with E-state index in [0.717, 1.165) is 30.0 Å². The van der Waals surface area contributed by atoms with E-state index in [9.17, 15) is 4.79 Å². The predicted molar refractivity (Wildman–Crippen MR) is 85.1 cm³/mol. The molecular formula is C17H23ClN2O. The third-order valence-corrected chi connectivity index (χ3v) is 4.91. The molecule has 1 aromatic rings. The number of hydrogen-bond donors (Lipinski definition) is 1.